The molecule has 1 N–H and O–H groups in total. The maximum absolute atomic E-state index is 12.3. The third-order valence-corrected chi connectivity index (χ3v) is 5.39. The fraction of sp³-hybridized carbons (Fsp3) is 0.130. The Bertz CT molecular complexity index is 1120. The second-order valence-corrected chi connectivity index (χ2v) is 7.86. The van der Waals surface area contributed by atoms with Gasteiger partial charge in [0.05, 0.1) is 12.3 Å². The van der Waals surface area contributed by atoms with E-state index in [-0.39, 0.29) is 11.7 Å². The first-order chi connectivity index (χ1) is 15.3. The first-order valence-electron chi connectivity index (χ1n) is 9.62. The van der Waals surface area contributed by atoms with Crippen molar-refractivity contribution in [2.75, 3.05) is 11.9 Å². The second-order valence-electron chi connectivity index (χ2n) is 7.04. The van der Waals surface area contributed by atoms with Gasteiger partial charge < -0.3 is 10.1 Å². The highest BCUT2D eigenvalue weighted by atomic mass is 35.5. The number of rotatable bonds is 4. The lowest BCUT2D eigenvalue weighted by Crippen LogP contribution is -2.30. The molecule has 0 aromatic heterocycles. The van der Waals surface area contributed by atoms with E-state index in [1.54, 1.807) is 5.01 Å². The third kappa shape index (κ3) is 5.38. The number of benzene rings is 3. The molecule has 1 aliphatic rings. The number of alkyl halides is 3. The van der Waals surface area contributed by atoms with E-state index in [9.17, 15) is 13.2 Å². The molecule has 0 saturated heterocycles. The normalized spacial score (nSPS) is 15.9. The molecule has 0 radical (unpaired) electrons. The average Bonchev–Trinajstić information content (AvgIpc) is 3.21. The molecule has 164 valence electrons. The molecule has 0 bridgehead atoms. The van der Waals surface area contributed by atoms with Crippen LogP contribution in [0.5, 0.6) is 5.75 Å². The summed E-state index contributed by atoms with van der Waals surface area (Å²) in [7, 11) is 0. The molecule has 9 heteroatoms. The number of halogens is 4. The zero-order chi connectivity index (χ0) is 22.7. The van der Waals surface area contributed by atoms with Crippen LogP contribution in [0.25, 0.3) is 0 Å². The summed E-state index contributed by atoms with van der Waals surface area (Å²) in [6, 6.07) is 22.8. The summed E-state index contributed by atoms with van der Waals surface area (Å²) in [5.74, 6) is -0.334. The molecule has 0 aliphatic carbocycles. The Balaban J connectivity index is 1.53. The van der Waals surface area contributed by atoms with E-state index in [0.717, 1.165) is 16.8 Å². The van der Waals surface area contributed by atoms with Crippen molar-refractivity contribution in [3.63, 3.8) is 0 Å². The van der Waals surface area contributed by atoms with Gasteiger partial charge in [0, 0.05) is 16.6 Å². The standard InChI is InChI=1S/C23H17ClF3N3OS/c24-17-8-6-15(7-9-17)20-14-30(29-21(20)16-4-2-1-3-5-16)22(32)28-18-10-12-19(13-11-18)31-23(25,26)27/h1-13,20H,14H2,(H,28,32). The Morgan fingerprint density at radius 2 is 1.66 bits per heavy atom. The number of ether oxygens (including phenoxy) is 1. The van der Waals surface area contributed by atoms with Gasteiger partial charge in [0.2, 0.25) is 0 Å². The fourth-order valence-corrected chi connectivity index (χ4v) is 3.74. The highest BCUT2D eigenvalue weighted by Crippen LogP contribution is 2.30. The van der Waals surface area contributed by atoms with E-state index in [0.29, 0.717) is 22.4 Å². The van der Waals surface area contributed by atoms with Crippen molar-refractivity contribution in [2.45, 2.75) is 12.3 Å². The molecule has 4 rings (SSSR count). The van der Waals surface area contributed by atoms with E-state index in [4.69, 9.17) is 28.9 Å². The SMILES string of the molecule is FC(F)(F)Oc1ccc(NC(=S)N2CC(c3ccc(Cl)cc3)C(c3ccccc3)=N2)cc1. The molecule has 4 nitrogen and oxygen atoms in total. The van der Waals surface area contributed by atoms with Gasteiger partial charge in [-0.1, -0.05) is 54.1 Å². The molecule has 0 spiro atoms. The van der Waals surface area contributed by atoms with Gasteiger partial charge in [-0.3, -0.25) is 0 Å². The molecule has 3 aromatic carbocycles. The largest absolute Gasteiger partial charge is 0.573 e. The molecule has 1 aliphatic heterocycles. The smallest absolute Gasteiger partial charge is 0.406 e. The van der Waals surface area contributed by atoms with Crippen molar-refractivity contribution in [1.29, 1.82) is 0 Å². The Morgan fingerprint density at radius 3 is 2.28 bits per heavy atom. The first kappa shape index (κ1) is 22.1. The maximum Gasteiger partial charge on any atom is 0.573 e. The Hall–Kier alpha value is -3.10. The van der Waals surface area contributed by atoms with Crippen molar-refractivity contribution in [3.05, 3.63) is 95.0 Å². The van der Waals surface area contributed by atoms with E-state index in [2.05, 4.69) is 10.1 Å². The van der Waals surface area contributed by atoms with Gasteiger partial charge in [-0.05, 0) is 59.7 Å². The zero-order valence-electron chi connectivity index (χ0n) is 16.5. The summed E-state index contributed by atoms with van der Waals surface area (Å²) in [5, 5.41) is 10.4. The van der Waals surface area contributed by atoms with E-state index in [1.165, 1.54) is 24.3 Å². The maximum atomic E-state index is 12.3. The van der Waals surface area contributed by atoms with Gasteiger partial charge in [0.25, 0.3) is 0 Å². The van der Waals surface area contributed by atoms with Crippen molar-refractivity contribution < 1.29 is 17.9 Å². The molecule has 1 heterocycles. The minimum Gasteiger partial charge on any atom is -0.406 e. The van der Waals surface area contributed by atoms with Crippen LogP contribution in [0.4, 0.5) is 18.9 Å². The van der Waals surface area contributed by atoms with Crippen molar-refractivity contribution >= 4 is 40.3 Å². The van der Waals surface area contributed by atoms with Crippen LogP contribution in [0.15, 0.2) is 84.0 Å². The van der Waals surface area contributed by atoms with Gasteiger partial charge in [0.15, 0.2) is 5.11 Å². The number of thiocarbonyl (C=S) groups is 1. The van der Waals surface area contributed by atoms with Gasteiger partial charge >= 0.3 is 6.36 Å². The molecule has 32 heavy (non-hydrogen) atoms. The van der Waals surface area contributed by atoms with Crippen LogP contribution in [0, 0.1) is 0 Å². The summed E-state index contributed by atoms with van der Waals surface area (Å²) in [5.41, 5.74) is 3.42. The molecule has 1 unspecified atom stereocenters. The zero-order valence-corrected chi connectivity index (χ0v) is 18.1. The molecule has 0 fully saturated rings. The number of hydrazone groups is 1. The highest BCUT2D eigenvalue weighted by Gasteiger charge is 2.32. The van der Waals surface area contributed by atoms with Crippen LogP contribution < -0.4 is 10.1 Å². The molecular formula is C23H17ClF3N3OS. The lowest BCUT2D eigenvalue weighted by atomic mass is 9.91. The number of nitrogens with one attached hydrogen (secondary N) is 1. The van der Waals surface area contributed by atoms with Crippen LogP contribution in [-0.4, -0.2) is 28.7 Å². The Morgan fingerprint density at radius 1 is 1.00 bits per heavy atom. The Kier molecular flexibility index (Phi) is 6.34. The van der Waals surface area contributed by atoms with Gasteiger partial charge in [-0.2, -0.15) is 5.10 Å². The summed E-state index contributed by atoms with van der Waals surface area (Å²) in [6.07, 6.45) is -4.74. The second kappa shape index (κ2) is 9.18. The van der Waals surface area contributed by atoms with Crippen LogP contribution in [0.1, 0.15) is 17.0 Å². The predicted molar refractivity (Wildman–Crippen MR) is 123 cm³/mol. The van der Waals surface area contributed by atoms with Gasteiger partial charge in [-0.25, -0.2) is 5.01 Å². The van der Waals surface area contributed by atoms with Gasteiger partial charge in [0.1, 0.15) is 5.75 Å². The van der Waals surface area contributed by atoms with Crippen molar-refractivity contribution in [2.24, 2.45) is 5.10 Å². The molecule has 1 atom stereocenters. The first-order valence-corrected chi connectivity index (χ1v) is 10.4. The minimum atomic E-state index is -4.74. The van der Waals surface area contributed by atoms with E-state index < -0.39 is 6.36 Å². The quantitative estimate of drug-likeness (QED) is 0.441. The highest BCUT2D eigenvalue weighted by molar-refractivity contribution is 7.80. The molecule has 0 saturated carbocycles. The molecular weight excluding hydrogens is 459 g/mol. The fourth-order valence-electron chi connectivity index (χ4n) is 3.38. The topological polar surface area (TPSA) is 36.9 Å². The predicted octanol–water partition coefficient (Wildman–Crippen LogP) is 6.44. The van der Waals surface area contributed by atoms with Crippen LogP contribution in [0.2, 0.25) is 5.02 Å². The average molecular weight is 476 g/mol. The van der Waals surface area contributed by atoms with Crippen molar-refractivity contribution in [1.82, 2.24) is 5.01 Å². The Labute approximate surface area is 193 Å². The lowest BCUT2D eigenvalue weighted by Gasteiger charge is -2.18. The van der Waals surface area contributed by atoms with E-state index >= 15 is 0 Å². The van der Waals surface area contributed by atoms with Crippen LogP contribution in [-0.2, 0) is 0 Å². The summed E-state index contributed by atoms with van der Waals surface area (Å²) >= 11 is 11.6. The number of nitrogens with zero attached hydrogens (tertiary/aromatic N) is 2. The third-order valence-electron chi connectivity index (χ3n) is 4.83. The van der Waals surface area contributed by atoms with E-state index in [1.807, 2.05) is 54.6 Å². The number of hydrogen-bond donors (Lipinski definition) is 1. The van der Waals surface area contributed by atoms with Gasteiger partial charge in [-0.15, -0.1) is 13.2 Å². The summed E-state index contributed by atoms with van der Waals surface area (Å²) in [6.45, 7) is 0.507. The molecule has 3 aromatic rings. The van der Waals surface area contributed by atoms with Crippen LogP contribution >= 0.6 is 23.8 Å². The summed E-state index contributed by atoms with van der Waals surface area (Å²) < 4.78 is 40.9. The number of hydrogen-bond acceptors (Lipinski definition) is 3. The monoisotopic (exact) mass is 475 g/mol. The lowest BCUT2D eigenvalue weighted by molar-refractivity contribution is -0.274. The van der Waals surface area contributed by atoms with Crippen molar-refractivity contribution in [3.8, 4) is 5.75 Å². The number of anilines is 1. The molecule has 0 amide bonds. The summed E-state index contributed by atoms with van der Waals surface area (Å²) in [4.78, 5) is 0. The van der Waals surface area contributed by atoms with Crippen LogP contribution in [0.3, 0.4) is 0 Å². The minimum absolute atomic E-state index is 0.0306.